The fourth-order valence-corrected chi connectivity index (χ4v) is 0.388. The molecule has 0 bridgehead atoms. The van der Waals surface area contributed by atoms with Crippen LogP contribution in [0.4, 0.5) is 0 Å². The molecule has 0 aromatic carbocycles. The Morgan fingerprint density at radius 3 is 1.57 bits per heavy atom. The maximum Gasteiger partial charge on any atom is 0.332 e. The molecule has 0 aliphatic heterocycles. The summed E-state index contributed by atoms with van der Waals surface area (Å²) in [6, 6.07) is 0. The molecule has 0 saturated heterocycles. The molecule has 0 aliphatic rings. The zero-order chi connectivity index (χ0) is 11.7. The summed E-state index contributed by atoms with van der Waals surface area (Å²) in [5, 5.41) is 2.43. The summed E-state index contributed by atoms with van der Waals surface area (Å²) in [5.74, 6) is -0.444. The zero-order valence-corrected chi connectivity index (χ0v) is 9.14. The molecule has 4 nitrogen and oxygen atoms in total. The normalized spacial score (nSPS) is 7.71. The highest BCUT2D eigenvalue weighted by Crippen LogP contribution is 1.87. The topological polar surface area (TPSA) is 55.4 Å². The van der Waals surface area contributed by atoms with Gasteiger partial charge in [0.15, 0.2) is 0 Å². The van der Waals surface area contributed by atoms with Crippen molar-refractivity contribution in [2.45, 2.75) is 13.8 Å². The average Bonchev–Trinajstić information content (AvgIpc) is 2.15. The third-order valence-corrected chi connectivity index (χ3v) is 1.15. The van der Waals surface area contributed by atoms with E-state index in [1.165, 1.54) is 7.11 Å². The largest absolute Gasteiger partial charge is 0.466 e. The number of amides is 1. The lowest BCUT2D eigenvalue weighted by Gasteiger charge is -1.91. The summed E-state index contributed by atoms with van der Waals surface area (Å²) in [6.45, 7) is 10.0. The van der Waals surface area contributed by atoms with E-state index in [0.29, 0.717) is 11.1 Å². The predicted octanol–water partition coefficient (Wildman–Crippen LogP) is 1.04. The Hall–Kier alpha value is -1.58. The van der Waals surface area contributed by atoms with E-state index in [1.54, 1.807) is 20.9 Å². The molecule has 0 saturated carbocycles. The van der Waals surface area contributed by atoms with Gasteiger partial charge in [0.2, 0.25) is 5.91 Å². The Morgan fingerprint density at radius 1 is 1.14 bits per heavy atom. The molecule has 80 valence electrons. The molecule has 0 radical (unpaired) electrons. The van der Waals surface area contributed by atoms with Crippen molar-refractivity contribution < 1.29 is 14.3 Å². The Labute approximate surface area is 84.6 Å². The van der Waals surface area contributed by atoms with Gasteiger partial charge in [0.05, 0.1) is 7.11 Å². The summed E-state index contributed by atoms with van der Waals surface area (Å²) in [4.78, 5) is 20.5. The molecule has 0 aromatic rings. The van der Waals surface area contributed by atoms with Crippen molar-refractivity contribution in [1.29, 1.82) is 0 Å². The molecule has 14 heavy (non-hydrogen) atoms. The third kappa shape index (κ3) is 8.52. The number of methoxy groups -OCH3 is 1. The van der Waals surface area contributed by atoms with Crippen molar-refractivity contribution in [3.63, 3.8) is 0 Å². The minimum atomic E-state index is -0.347. The molecule has 0 atom stereocenters. The fourth-order valence-electron chi connectivity index (χ4n) is 0.388. The molecule has 0 fully saturated rings. The van der Waals surface area contributed by atoms with Crippen LogP contribution >= 0.6 is 0 Å². The van der Waals surface area contributed by atoms with Crippen LogP contribution in [0.5, 0.6) is 0 Å². The van der Waals surface area contributed by atoms with E-state index in [1.807, 2.05) is 0 Å². The number of carbonyl (C=O) groups is 2. The van der Waals surface area contributed by atoms with E-state index >= 15 is 0 Å². The summed E-state index contributed by atoms with van der Waals surface area (Å²) in [6.07, 6.45) is 0. The van der Waals surface area contributed by atoms with Gasteiger partial charge in [0, 0.05) is 18.2 Å². The maximum absolute atomic E-state index is 10.3. The summed E-state index contributed by atoms with van der Waals surface area (Å²) < 4.78 is 4.27. The van der Waals surface area contributed by atoms with Crippen LogP contribution in [0, 0.1) is 0 Å². The summed E-state index contributed by atoms with van der Waals surface area (Å²) >= 11 is 0. The highest BCUT2D eigenvalue weighted by atomic mass is 16.5. The first-order valence-electron chi connectivity index (χ1n) is 3.98. The first-order valence-corrected chi connectivity index (χ1v) is 3.98. The molecule has 0 unspecified atom stereocenters. The first kappa shape index (κ1) is 14.9. The summed E-state index contributed by atoms with van der Waals surface area (Å²) in [5.41, 5.74) is 0.977. The van der Waals surface area contributed by atoms with Crippen molar-refractivity contribution in [1.82, 2.24) is 5.32 Å². The Bertz CT molecular complexity index is 218. The monoisotopic (exact) mass is 199 g/mol. The van der Waals surface area contributed by atoms with E-state index in [-0.39, 0.29) is 11.9 Å². The number of esters is 1. The van der Waals surface area contributed by atoms with E-state index in [2.05, 4.69) is 23.2 Å². The highest BCUT2D eigenvalue weighted by molar-refractivity contribution is 5.91. The van der Waals surface area contributed by atoms with Crippen LogP contribution in [0.1, 0.15) is 13.8 Å². The van der Waals surface area contributed by atoms with Crippen molar-refractivity contribution in [3.05, 3.63) is 24.3 Å². The molecular weight excluding hydrogens is 182 g/mol. The van der Waals surface area contributed by atoms with Crippen LogP contribution in [0.15, 0.2) is 24.3 Å². The molecule has 0 heterocycles. The lowest BCUT2D eigenvalue weighted by Crippen LogP contribution is -2.17. The van der Waals surface area contributed by atoms with Crippen molar-refractivity contribution in [2.24, 2.45) is 0 Å². The van der Waals surface area contributed by atoms with Gasteiger partial charge in [-0.25, -0.2) is 4.79 Å². The highest BCUT2D eigenvalue weighted by Gasteiger charge is 1.95. The van der Waals surface area contributed by atoms with Crippen molar-refractivity contribution in [3.8, 4) is 0 Å². The van der Waals surface area contributed by atoms with Crippen LogP contribution in [0.3, 0.4) is 0 Å². The lowest BCUT2D eigenvalue weighted by atomic mass is 10.3. The minimum absolute atomic E-state index is 0.0972. The maximum atomic E-state index is 10.3. The molecule has 0 aromatic heterocycles. The van der Waals surface area contributed by atoms with Gasteiger partial charge in [-0.3, -0.25) is 4.79 Å². The number of ether oxygens (including phenoxy) is 1. The third-order valence-electron chi connectivity index (χ3n) is 1.15. The predicted molar refractivity (Wildman–Crippen MR) is 55.7 cm³/mol. The van der Waals surface area contributed by atoms with Gasteiger partial charge in [0.25, 0.3) is 0 Å². The van der Waals surface area contributed by atoms with Gasteiger partial charge in [-0.15, -0.1) is 0 Å². The average molecular weight is 199 g/mol. The van der Waals surface area contributed by atoms with E-state index in [9.17, 15) is 9.59 Å². The van der Waals surface area contributed by atoms with E-state index in [4.69, 9.17) is 0 Å². The quantitative estimate of drug-likeness (QED) is 0.534. The molecule has 4 heteroatoms. The minimum Gasteiger partial charge on any atom is -0.466 e. The number of likely N-dealkylation sites (N-methyl/N-ethyl adjacent to an activating group) is 1. The Balaban J connectivity index is 0. The van der Waals surface area contributed by atoms with Crippen molar-refractivity contribution >= 4 is 11.9 Å². The van der Waals surface area contributed by atoms with Gasteiger partial charge in [-0.05, 0) is 13.8 Å². The van der Waals surface area contributed by atoms with Crippen LogP contribution in [-0.4, -0.2) is 26.0 Å². The smallest absolute Gasteiger partial charge is 0.332 e. The fraction of sp³-hybridized carbons (Fsp3) is 0.400. The summed E-state index contributed by atoms with van der Waals surface area (Å²) in [7, 11) is 2.91. The van der Waals surface area contributed by atoms with Gasteiger partial charge < -0.3 is 10.1 Å². The first-order chi connectivity index (χ1) is 6.36. The number of carbonyl (C=O) groups excluding carboxylic acids is 2. The number of hydrogen-bond acceptors (Lipinski definition) is 3. The van der Waals surface area contributed by atoms with Crippen LogP contribution < -0.4 is 5.32 Å². The second-order valence-electron chi connectivity index (χ2n) is 2.63. The number of rotatable bonds is 2. The molecular formula is C10H17NO3. The van der Waals surface area contributed by atoms with E-state index < -0.39 is 0 Å². The van der Waals surface area contributed by atoms with Gasteiger partial charge >= 0.3 is 5.97 Å². The lowest BCUT2D eigenvalue weighted by molar-refractivity contribution is -0.136. The molecule has 0 spiro atoms. The standard InChI is InChI=1S/C5H9NO.C5H8O2/c1-4(2)5(7)6-3;1-4(2)5(6)7-3/h1H2,2-3H3,(H,6,7);1H2,2-3H3. The van der Waals surface area contributed by atoms with E-state index in [0.717, 1.165) is 0 Å². The molecule has 0 rings (SSSR count). The number of nitrogens with one attached hydrogen (secondary N) is 1. The van der Waals surface area contributed by atoms with Crippen molar-refractivity contribution in [2.75, 3.05) is 14.2 Å². The zero-order valence-electron chi connectivity index (χ0n) is 9.14. The number of hydrogen-bond donors (Lipinski definition) is 1. The second kappa shape index (κ2) is 8.04. The van der Waals surface area contributed by atoms with Gasteiger partial charge in [-0.1, -0.05) is 13.2 Å². The van der Waals surface area contributed by atoms with Crippen LogP contribution in [0.2, 0.25) is 0 Å². The van der Waals surface area contributed by atoms with Crippen LogP contribution in [-0.2, 0) is 14.3 Å². The Morgan fingerprint density at radius 2 is 1.57 bits per heavy atom. The Kier molecular flexibility index (Phi) is 8.57. The van der Waals surface area contributed by atoms with Gasteiger partial charge in [-0.2, -0.15) is 0 Å². The molecule has 1 N–H and O–H groups in total. The van der Waals surface area contributed by atoms with Crippen LogP contribution in [0.25, 0.3) is 0 Å². The molecule has 1 amide bonds. The second-order valence-corrected chi connectivity index (χ2v) is 2.63. The van der Waals surface area contributed by atoms with Gasteiger partial charge in [0.1, 0.15) is 0 Å². The SMILES string of the molecule is C=C(C)C(=O)NC.C=C(C)C(=O)OC. The molecule has 0 aliphatic carbocycles.